The van der Waals surface area contributed by atoms with Gasteiger partial charge in [0.05, 0.1) is 5.60 Å². The van der Waals surface area contributed by atoms with Crippen LogP contribution in [0.25, 0.3) is 0 Å². The highest BCUT2D eigenvalue weighted by molar-refractivity contribution is 7.81. The molecule has 2 atom stereocenters. The maximum Gasteiger partial charge on any atom is 0.446 e. The van der Waals surface area contributed by atoms with E-state index in [4.69, 9.17) is 4.55 Å². The maximum absolute atomic E-state index is 10.9. The Bertz CT molecular complexity index is 572. The molecular formula is C14H23NO5S. The SMILES string of the molecule is CCC(O)(c1cccc(OS(=O)(=O)O)c1)C(C)CN(C)C. The van der Waals surface area contributed by atoms with Crippen LogP contribution in [0.1, 0.15) is 25.8 Å². The van der Waals surface area contributed by atoms with Gasteiger partial charge in [0.1, 0.15) is 5.75 Å². The van der Waals surface area contributed by atoms with Gasteiger partial charge < -0.3 is 14.2 Å². The van der Waals surface area contributed by atoms with Gasteiger partial charge in [-0.3, -0.25) is 4.55 Å². The molecule has 1 rings (SSSR count). The zero-order valence-corrected chi connectivity index (χ0v) is 13.6. The van der Waals surface area contributed by atoms with Gasteiger partial charge in [-0.05, 0) is 38.2 Å². The summed E-state index contributed by atoms with van der Waals surface area (Å²) in [4.78, 5) is 1.98. The Balaban J connectivity index is 3.13. The van der Waals surface area contributed by atoms with E-state index < -0.39 is 16.0 Å². The Morgan fingerprint density at radius 2 is 2.00 bits per heavy atom. The highest BCUT2D eigenvalue weighted by Gasteiger charge is 2.34. The summed E-state index contributed by atoms with van der Waals surface area (Å²) in [6.45, 7) is 4.47. The second kappa shape index (κ2) is 6.74. The van der Waals surface area contributed by atoms with E-state index in [1.165, 1.54) is 12.1 Å². The molecule has 2 unspecified atom stereocenters. The first-order valence-electron chi connectivity index (χ1n) is 6.73. The minimum atomic E-state index is -4.58. The topological polar surface area (TPSA) is 87.1 Å². The predicted molar refractivity (Wildman–Crippen MR) is 80.5 cm³/mol. The van der Waals surface area contributed by atoms with Gasteiger partial charge in [-0.2, -0.15) is 8.42 Å². The van der Waals surface area contributed by atoms with E-state index in [1.807, 2.05) is 32.8 Å². The number of aliphatic hydroxyl groups is 1. The van der Waals surface area contributed by atoms with Gasteiger partial charge >= 0.3 is 10.4 Å². The van der Waals surface area contributed by atoms with E-state index >= 15 is 0 Å². The number of rotatable bonds is 7. The highest BCUT2D eigenvalue weighted by Crippen LogP contribution is 2.35. The summed E-state index contributed by atoms with van der Waals surface area (Å²) in [7, 11) is -0.733. The van der Waals surface area contributed by atoms with E-state index in [9.17, 15) is 13.5 Å². The summed E-state index contributed by atoms with van der Waals surface area (Å²) in [6, 6.07) is 6.14. The van der Waals surface area contributed by atoms with Crippen LogP contribution in [0.5, 0.6) is 5.75 Å². The van der Waals surface area contributed by atoms with E-state index in [0.29, 0.717) is 18.5 Å². The first-order chi connectivity index (χ1) is 9.58. The van der Waals surface area contributed by atoms with Crippen LogP contribution in [0.2, 0.25) is 0 Å². The lowest BCUT2D eigenvalue weighted by molar-refractivity contribution is -0.0292. The zero-order chi connectivity index (χ0) is 16.3. The second-order valence-electron chi connectivity index (χ2n) is 5.48. The molecule has 0 saturated heterocycles. The standard InChI is InChI=1S/C14H23NO5S/c1-5-14(16,11(2)10-15(3)4)12-7-6-8-13(9-12)20-21(17,18)19/h6-9,11,16H,5,10H2,1-4H3,(H,17,18,19). The van der Waals surface area contributed by atoms with Gasteiger partial charge in [0, 0.05) is 12.5 Å². The van der Waals surface area contributed by atoms with Crippen LogP contribution in [0.4, 0.5) is 0 Å². The lowest BCUT2D eigenvalue weighted by Crippen LogP contribution is -2.38. The fourth-order valence-corrected chi connectivity index (χ4v) is 2.82. The molecule has 0 saturated carbocycles. The smallest absolute Gasteiger partial charge is 0.385 e. The Labute approximate surface area is 126 Å². The van der Waals surface area contributed by atoms with Crippen molar-refractivity contribution in [3.8, 4) is 5.75 Å². The molecule has 0 aliphatic heterocycles. The summed E-state index contributed by atoms with van der Waals surface area (Å²) < 4.78 is 34.7. The van der Waals surface area contributed by atoms with E-state index in [2.05, 4.69) is 4.18 Å². The average Bonchev–Trinajstić information content (AvgIpc) is 2.35. The number of hydrogen-bond acceptors (Lipinski definition) is 5. The Hall–Kier alpha value is -1.15. The first kappa shape index (κ1) is 17.9. The van der Waals surface area contributed by atoms with Crippen LogP contribution in [-0.4, -0.2) is 43.6 Å². The van der Waals surface area contributed by atoms with Crippen molar-refractivity contribution in [3.05, 3.63) is 29.8 Å². The molecule has 0 aliphatic rings. The van der Waals surface area contributed by atoms with Crippen molar-refractivity contribution in [3.63, 3.8) is 0 Å². The summed E-state index contributed by atoms with van der Waals surface area (Å²) >= 11 is 0. The molecule has 1 aromatic rings. The van der Waals surface area contributed by atoms with Crippen LogP contribution in [0.3, 0.4) is 0 Å². The molecule has 120 valence electrons. The van der Waals surface area contributed by atoms with E-state index in [1.54, 1.807) is 12.1 Å². The molecule has 6 nitrogen and oxygen atoms in total. The van der Waals surface area contributed by atoms with Crippen molar-refractivity contribution >= 4 is 10.4 Å². The largest absolute Gasteiger partial charge is 0.446 e. The lowest BCUT2D eigenvalue weighted by Gasteiger charge is -2.35. The normalized spacial score (nSPS) is 16.5. The van der Waals surface area contributed by atoms with Crippen LogP contribution >= 0.6 is 0 Å². The van der Waals surface area contributed by atoms with Crippen molar-refractivity contribution in [2.24, 2.45) is 5.92 Å². The number of hydrogen-bond donors (Lipinski definition) is 2. The molecule has 0 aliphatic carbocycles. The van der Waals surface area contributed by atoms with Crippen LogP contribution < -0.4 is 4.18 Å². The lowest BCUT2D eigenvalue weighted by atomic mass is 9.80. The third-order valence-electron chi connectivity index (χ3n) is 3.53. The van der Waals surface area contributed by atoms with Crippen molar-refractivity contribution < 1.29 is 22.3 Å². The Morgan fingerprint density at radius 3 is 2.48 bits per heavy atom. The average molecular weight is 317 g/mol. The molecule has 2 N–H and O–H groups in total. The molecule has 0 heterocycles. The summed E-state index contributed by atoms with van der Waals surface area (Å²) in [5.74, 6) is -0.0996. The quantitative estimate of drug-likeness (QED) is 0.744. The van der Waals surface area contributed by atoms with Crippen LogP contribution in [0, 0.1) is 5.92 Å². The Morgan fingerprint density at radius 1 is 1.38 bits per heavy atom. The summed E-state index contributed by atoms with van der Waals surface area (Å²) in [5.41, 5.74) is -0.552. The maximum atomic E-state index is 10.9. The monoisotopic (exact) mass is 317 g/mol. The summed E-state index contributed by atoms with van der Waals surface area (Å²) in [5, 5.41) is 10.9. The van der Waals surface area contributed by atoms with Crippen molar-refractivity contribution in [2.75, 3.05) is 20.6 Å². The van der Waals surface area contributed by atoms with Gasteiger partial charge in [0.2, 0.25) is 0 Å². The van der Waals surface area contributed by atoms with E-state index in [-0.39, 0.29) is 11.7 Å². The molecule has 7 heteroatoms. The van der Waals surface area contributed by atoms with E-state index in [0.717, 1.165) is 0 Å². The molecule has 0 aromatic heterocycles. The third kappa shape index (κ3) is 4.96. The van der Waals surface area contributed by atoms with Gasteiger partial charge in [0.15, 0.2) is 0 Å². The van der Waals surface area contributed by atoms with Gasteiger partial charge in [0.25, 0.3) is 0 Å². The van der Waals surface area contributed by atoms with Crippen molar-refractivity contribution in [1.82, 2.24) is 4.90 Å². The molecule has 1 aromatic carbocycles. The third-order valence-corrected chi connectivity index (χ3v) is 3.93. The van der Waals surface area contributed by atoms with Gasteiger partial charge in [-0.15, -0.1) is 0 Å². The number of nitrogens with zero attached hydrogens (tertiary/aromatic N) is 1. The molecule has 0 bridgehead atoms. The fraction of sp³-hybridized carbons (Fsp3) is 0.571. The van der Waals surface area contributed by atoms with Crippen LogP contribution in [0.15, 0.2) is 24.3 Å². The van der Waals surface area contributed by atoms with Crippen molar-refractivity contribution in [2.45, 2.75) is 25.9 Å². The Kier molecular flexibility index (Phi) is 5.75. The molecule has 0 radical (unpaired) electrons. The fourth-order valence-electron chi connectivity index (χ4n) is 2.47. The van der Waals surface area contributed by atoms with Crippen LogP contribution in [-0.2, 0) is 16.0 Å². The molecular weight excluding hydrogens is 294 g/mol. The molecule has 0 amide bonds. The second-order valence-corrected chi connectivity index (χ2v) is 6.50. The van der Waals surface area contributed by atoms with Gasteiger partial charge in [-0.25, -0.2) is 0 Å². The molecule has 21 heavy (non-hydrogen) atoms. The first-order valence-corrected chi connectivity index (χ1v) is 8.09. The predicted octanol–water partition coefficient (Wildman–Crippen LogP) is 1.66. The number of benzene rings is 1. The minimum Gasteiger partial charge on any atom is -0.385 e. The molecule has 0 spiro atoms. The minimum absolute atomic E-state index is 0.0288. The highest BCUT2D eigenvalue weighted by atomic mass is 32.3. The molecule has 0 fully saturated rings. The van der Waals surface area contributed by atoms with Crippen molar-refractivity contribution in [1.29, 1.82) is 0 Å². The zero-order valence-electron chi connectivity index (χ0n) is 12.8. The summed E-state index contributed by atoms with van der Waals surface area (Å²) in [6.07, 6.45) is 0.470. The van der Waals surface area contributed by atoms with Gasteiger partial charge in [-0.1, -0.05) is 26.0 Å².